The number of aliphatic hydroxyl groups is 1. The van der Waals surface area contributed by atoms with Crippen molar-refractivity contribution < 1.29 is 28.3 Å². The number of benzene rings is 1. The van der Waals surface area contributed by atoms with Crippen LogP contribution in [0.1, 0.15) is 13.3 Å². The van der Waals surface area contributed by atoms with Crippen molar-refractivity contribution in [2.75, 3.05) is 24.7 Å². The molecule has 0 saturated carbocycles. The molecule has 1 aliphatic rings. The Morgan fingerprint density at radius 2 is 2.30 bits per heavy atom. The van der Waals surface area contributed by atoms with Crippen molar-refractivity contribution >= 4 is 11.4 Å². The highest BCUT2D eigenvalue weighted by Crippen LogP contribution is 2.34. The third kappa shape index (κ3) is 4.49. The number of nitrogens with zero attached hydrogens (tertiary/aromatic N) is 2. The van der Waals surface area contributed by atoms with Gasteiger partial charge in [-0.2, -0.15) is 8.78 Å². The van der Waals surface area contributed by atoms with E-state index in [1.807, 2.05) is 4.90 Å². The van der Waals surface area contributed by atoms with Crippen LogP contribution < -0.4 is 9.64 Å². The number of ether oxygens (including phenoxy) is 2. The molecule has 0 amide bonds. The van der Waals surface area contributed by atoms with E-state index in [1.165, 1.54) is 12.1 Å². The molecule has 1 saturated heterocycles. The second-order valence-electron chi connectivity index (χ2n) is 5.29. The highest BCUT2D eigenvalue weighted by molar-refractivity contribution is 5.60. The molecule has 1 aromatic rings. The second kappa shape index (κ2) is 7.51. The number of aliphatic hydroxyl groups excluding tert-OH is 1. The number of anilines is 1. The predicted molar refractivity (Wildman–Crippen MR) is 78.0 cm³/mol. The zero-order chi connectivity index (χ0) is 17.0. The topological polar surface area (TPSA) is 85.1 Å². The van der Waals surface area contributed by atoms with Gasteiger partial charge in [0.05, 0.1) is 30.3 Å². The Morgan fingerprint density at radius 1 is 1.57 bits per heavy atom. The lowest BCUT2D eigenvalue weighted by Crippen LogP contribution is -2.47. The third-order valence-electron chi connectivity index (χ3n) is 3.53. The Kier molecular flexibility index (Phi) is 5.67. The first kappa shape index (κ1) is 17.4. The smallest absolute Gasteiger partial charge is 0.387 e. The molecule has 0 radical (unpaired) electrons. The first-order valence-electron chi connectivity index (χ1n) is 7.14. The summed E-state index contributed by atoms with van der Waals surface area (Å²) in [4.78, 5) is 12.0. The molecule has 0 spiro atoms. The fourth-order valence-electron chi connectivity index (χ4n) is 2.61. The summed E-state index contributed by atoms with van der Waals surface area (Å²) >= 11 is 0. The summed E-state index contributed by atoms with van der Waals surface area (Å²) < 4.78 is 34.6. The fourth-order valence-corrected chi connectivity index (χ4v) is 2.61. The summed E-state index contributed by atoms with van der Waals surface area (Å²) in [5.41, 5.74) is -0.00501. The summed E-state index contributed by atoms with van der Waals surface area (Å²) in [5.74, 6) is -0.482. The Bertz CT molecular complexity index is 556. The Morgan fingerprint density at radius 3 is 2.91 bits per heavy atom. The van der Waals surface area contributed by atoms with E-state index in [2.05, 4.69) is 4.74 Å². The Labute approximate surface area is 131 Å². The molecule has 7 nitrogen and oxygen atoms in total. The van der Waals surface area contributed by atoms with Crippen molar-refractivity contribution in [2.45, 2.75) is 32.1 Å². The SMILES string of the molecule is CC(O)CC1COCCN1c1ccc([N+](=O)[O-])c(OC(F)F)c1. The minimum absolute atomic E-state index is 0.149. The maximum Gasteiger partial charge on any atom is 0.387 e. The first-order valence-corrected chi connectivity index (χ1v) is 7.14. The van der Waals surface area contributed by atoms with Gasteiger partial charge in [0.2, 0.25) is 5.75 Å². The predicted octanol–water partition coefficient (Wildman–Crippen LogP) is 2.17. The van der Waals surface area contributed by atoms with Crippen molar-refractivity contribution in [3.8, 4) is 5.75 Å². The van der Waals surface area contributed by atoms with E-state index >= 15 is 0 Å². The summed E-state index contributed by atoms with van der Waals surface area (Å²) in [6, 6.07) is 3.70. The lowest BCUT2D eigenvalue weighted by atomic mass is 10.1. The van der Waals surface area contributed by atoms with Crippen molar-refractivity contribution in [1.29, 1.82) is 0 Å². The molecule has 2 unspecified atom stereocenters. The van der Waals surface area contributed by atoms with Crippen LogP contribution in [-0.2, 0) is 4.74 Å². The molecule has 2 rings (SSSR count). The van der Waals surface area contributed by atoms with Gasteiger partial charge in [-0.1, -0.05) is 0 Å². The highest BCUT2D eigenvalue weighted by atomic mass is 19.3. The third-order valence-corrected chi connectivity index (χ3v) is 3.53. The van der Waals surface area contributed by atoms with Gasteiger partial charge in [-0.05, 0) is 19.4 Å². The molecule has 0 bridgehead atoms. The van der Waals surface area contributed by atoms with Gasteiger partial charge in [0.15, 0.2) is 0 Å². The van der Waals surface area contributed by atoms with Crippen molar-refractivity contribution in [3.05, 3.63) is 28.3 Å². The molecule has 128 valence electrons. The maximum atomic E-state index is 12.5. The summed E-state index contributed by atoms with van der Waals surface area (Å²) in [6.45, 7) is -0.190. The molecule has 1 aromatic carbocycles. The molecule has 1 heterocycles. The van der Waals surface area contributed by atoms with Gasteiger partial charge in [0.25, 0.3) is 0 Å². The molecule has 0 aliphatic carbocycles. The molecule has 23 heavy (non-hydrogen) atoms. The second-order valence-corrected chi connectivity index (χ2v) is 5.29. The molecular weight excluding hydrogens is 314 g/mol. The van der Waals surface area contributed by atoms with Crippen molar-refractivity contribution in [3.63, 3.8) is 0 Å². The van der Waals surface area contributed by atoms with Crippen LogP contribution in [0.25, 0.3) is 0 Å². The van der Waals surface area contributed by atoms with E-state index in [-0.39, 0.29) is 6.04 Å². The average Bonchev–Trinajstić information content (AvgIpc) is 2.46. The highest BCUT2D eigenvalue weighted by Gasteiger charge is 2.27. The quantitative estimate of drug-likeness (QED) is 0.635. The molecular formula is C14H18F2N2O5. The van der Waals surface area contributed by atoms with Crippen LogP contribution in [0, 0.1) is 10.1 Å². The van der Waals surface area contributed by atoms with Gasteiger partial charge < -0.3 is 19.5 Å². The van der Waals surface area contributed by atoms with Crippen LogP contribution in [0.5, 0.6) is 5.75 Å². The van der Waals surface area contributed by atoms with Gasteiger partial charge in [0.1, 0.15) is 0 Å². The zero-order valence-electron chi connectivity index (χ0n) is 12.5. The molecule has 2 atom stereocenters. The number of nitro benzene ring substituents is 1. The number of nitro groups is 1. The van der Waals surface area contributed by atoms with Crippen molar-refractivity contribution in [2.24, 2.45) is 0 Å². The molecule has 1 N–H and O–H groups in total. The minimum Gasteiger partial charge on any atom is -0.427 e. The number of morpholine rings is 1. The summed E-state index contributed by atoms with van der Waals surface area (Å²) in [5, 5.41) is 20.5. The normalized spacial score (nSPS) is 19.7. The van der Waals surface area contributed by atoms with Gasteiger partial charge >= 0.3 is 12.3 Å². The van der Waals surface area contributed by atoms with Crippen LogP contribution in [-0.4, -0.2) is 48.5 Å². The van der Waals surface area contributed by atoms with E-state index in [9.17, 15) is 24.0 Å². The van der Waals surface area contributed by atoms with E-state index < -0.39 is 29.1 Å². The van der Waals surface area contributed by atoms with Crippen LogP contribution in [0.4, 0.5) is 20.2 Å². The number of rotatable bonds is 6. The van der Waals surface area contributed by atoms with Gasteiger partial charge in [-0.15, -0.1) is 0 Å². The Balaban J connectivity index is 2.31. The van der Waals surface area contributed by atoms with E-state index in [0.29, 0.717) is 31.9 Å². The molecule has 1 fully saturated rings. The molecule has 1 aliphatic heterocycles. The van der Waals surface area contributed by atoms with Crippen LogP contribution >= 0.6 is 0 Å². The fraction of sp³-hybridized carbons (Fsp3) is 0.571. The summed E-state index contributed by atoms with van der Waals surface area (Å²) in [6.07, 6.45) is -0.124. The number of hydrogen-bond acceptors (Lipinski definition) is 6. The molecule has 0 aromatic heterocycles. The summed E-state index contributed by atoms with van der Waals surface area (Å²) in [7, 11) is 0. The van der Waals surface area contributed by atoms with Crippen LogP contribution in [0.3, 0.4) is 0 Å². The Hall–Kier alpha value is -2.00. The number of alkyl halides is 2. The lowest BCUT2D eigenvalue weighted by Gasteiger charge is -2.38. The van der Waals surface area contributed by atoms with Crippen molar-refractivity contribution in [1.82, 2.24) is 0 Å². The van der Waals surface area contributed by atoms with Crippen LogP contribution in [0.2, 0.25) is 0 Å². The van der Waals surface area contributed by atoms with Gasteiger partial charge in [0, 0.05) is 24.4 Å². The minimum atomic E-state index is -3.15. The van der Waals surface area contributed by atoms with E-state index in [4.69, 9.17) is 4.74 Å². The van der Waals surface area contributed by atoms with Gasteiger partial charge in [-0.25, -0.2) is 0 Å². The number of halogens is 2. The lowest BCUT2D eigenvalue weighted by molar-refractivity contribution is -0.386. The van der Waals surface area contributed by atoms with Gasteiger partial charge in [-0.3, -0.25) is 10.1 Å². The number of hydrogen-bond donors (Lipinski definition) is 1. The molecule has 9 heteroatoms. The largest absolute Gasteiger partial charge is 0.427 e. The zero-order valence-corrected chi connectivity index (χ0v) is 12.5. The average molecular weight is 332 g/mol. The standard InChI is InChI=1S/C14H18F2N2O5/c1-9(19)6-11-8-22-5-4-17(11)10-2-3-12(18(20)21)13(7-10)23-14(15)16/h2-3,7,9,11,14,19H,4-6,8H2,1H3. The monoisotopic (exact) mass is 332 g/mol. The first-order chi connectivity index (χ1) is 10.9. The van der Waals surface area contributed by atoms with E-state index in [1.54, 1.807) is 6.92 Å². The van der Waals surface area contributed by atoms with E-state index in [0.717, 1.165) is 6.07 Å². The maximum absolute atomic E-state index is 12.5. The van der Waals surface area contributed by atoms with Crippen LogP contribution in [0.15, 0.2) is 18.2 Å².